The van der Waals surface area contributed by atoms with Crippen LogP contribution in [0.25, 0.3) is 0 Å². The van der Waals surface area contributed by atoms with Gasteiger partial charge in [0.15, 0.2) is 0 Å². The Morgan fingerprint density at radius 2 is 1.86 bits per heavy atom. The molecule has 1 aliphatic heterocycles. The van der Waals surface area contributed by atoms with E-state index in [-0.39, 0.29) is 6.10 Å². The molecule has 0 aromatic heterocycles. The minimum Gasteiger partial charge on any atom is -0.342 e. The number of halogens is 4. The molecule has 2 aromatic rings. The van der Waals surface area contributed by atoms with Gasteiger partial charge in [-0.1, -0.05) is 73.3 Å². The van der Waals surface area contributed by atoms with Gasteiger partial charge in [0.1, 0.15) is 6.10 Å². The summed E-state index contributed by atoms with van der Waals surface area (Å²) in [6.07, 6.45) is -0.141. The number of hydrogen-bond donors (Lipinski definition) is 0. The van der Waals surface area contributed by atoms with Crippen LogP contribution in [0.4, 0.5) is 0 Å². The van der Waals surface area contributed by atoms with Crippen LogP contribution >= 0.6 is 55.1 Å². The summed E-state index contributed by atoms with van der Waals surface area (Å²) in [4.78, 5) is 0. The van der Waals surface area contributed by atoms with E-state index in [1.807, 2.05) is 30.3 Å². The van der Waals surface area contributed by atoms with Crippen LogP contribution in [-0.4, -0.2) is 11.9 Å². The van der Waals surface area contributed by atoms with Crippen LogP contribution in [0, 0.1) is 0 Å². The first kappa shape index (κ1) is 16.7. The molecule has 1 fully saturated rings. The van der Waals surface area contributed by atoms with Crippen molar-refractivity contribution < 1.29 is 9.47 Å². The van der Waals surface area contributed by atoms with Crippen LogP contribution in [0.2, 0.25) is 10.0 Å². The van der Waals surface area contributed by atoms with Gasteiger partial charge in [-0.15, -0.1) is 0 Å². The zero-order chi connectivity index (χ0) is 15.7. The fourth-order valence-corrected chi connectivity index (χ4v) is 3.84. The summed E-state index contributed by atoms with van der Waals surface area (Å²) in [6.45, 7) is 0.464. The number of rotatable bonds is 3. The largest absolute Gasteiger partial charge is 0.342 e. The highest BCUT2D eigenvalue weighted by atomic mass is 79.9. The Hall–Kier alpha value is -0.100. The van der Waals surface area contributed by atoms with Gasteiger partial charge in [0.05, 0.1) is 17.0 Å². The molecule has 0 amide bonds. The summed E-state index contributed by atoms with van der Waals surface area (Å²) < 4.78 is 13.2. The van der Waals surface area contributed by atoms with Crippen molar-refractivity contribution in [3.8, 4) is 0 Å². The molecule has 2 nitrogen and oxygen atoms in total. The second kappa shape index (κ2) is 6.80. The van der Waals surface area contributed by atoms with E-state index in [0.29, 0.717) is 22.0 Å². The van der Waals surface area contributed by atoms with Gasteiger partial charge >= 0.3 is 0 Å². The lowest BCUT2D eigenvalue weighted by Gasteiger charge is -2.27. The number of hydrogen-bond acceptors (Lipinski definition) is 2. The Kier molecular flexibility index (Phi) is 5.17. The smallest absolute Gasteiger partial charge is 0.207 e. The first-order valence-electron chi connectivity index (χ1n) is 6.63. The van der Waals surface area contributed by atoms with Crippen LogP contribution in [0.3, 0.4) is 0 Å². The molecule has 2 atom stereocenters. The van der Waals surface area contributed by atoms with E-state index >= 15 is 0 Å². The van der Waals surface area contributed by atoms with Crippen molar-refractivity contribution >= 4 is 55.1 Å². The van der Waals surface area contributed by atoms with Gasteiger partial charge in [0, 0.05) is 15.1 Å². The second-order valence-corrected chi connectivity index (χ2v) is 7.30. The van der Waals surface area contributed by atoms with Crippen LogP contribution in [-0.2, 0) is 15.3 Å². The van der Waals surface area contributed by atoms with E-state index in [2.05, 4.69) is 31.9 Å². The lowest BCUT2D eigenvalue weighted by Crippen LogP contribution is -2.29. The summed E-state index contributed by atoms with van der Waals surface area (Å²) in [5.74, 6) is -0.903. The minimum absolute atomic E-state index is 0.141. The molecule has 0 spiro atoms. The maximum absolute atomic E-state index is 6.32. The lowest BCUT2D eigenvalue weighted by molar-refractivity contribution is -0.157. The zero-order valence-electron chi connectivity index (χ0n) is 11.4. The van der Waals surface area contributed by atoms with Crippen molar-refractivity contribution in [2.24, 2.45) is 0 Å². The van der Waals surface area contributed by atoms with Gasteiger partial charge < -0.3 is 9.47 Å². The molecule has 0 radical (unpaired) electrons. The number of benzene rings is 2. The fraction of sp³-hybridized carbons (Fsp3) is 0.250. The minimum atomic E-state index is -0.903. The molecule has 0 saturated carbocycles. The van der Waals surface area contributed by atoms with E-state index < -0.39 is 5.79 Å². The third kappa shape index (κ3) is 3.23. The van der Waals surface area contributed by atoms with Gasteiger partial charge in [-0.05, 0) is 29.8 Å². The summed E-state index contributed by atoms with van der Waals surface area (Å²) in [6, 6.07) is 13.3. The third-order valence-corrected chi connectivity index (χ3v) is 5.37. The van der Waals surface area contributed by atoms with Crippen molar-refractivity contribution in [1.29, 1.82) is 0 Å². The molecule has 22 heavy (non-hydrogen) atoms. The highest BCUT2D eigenvalue weighted by molar-refractivity contribution is 9.10. The maximum Gasteiger partial charge on any atom is 0.207 e. The molecule has 1 saturated heterocycles. The Morgan fingerprint density at radius 3 is 2.50 bits per heavy atom. The van der Waals surface area contributed by atoms with Crippen molar-refractivity contribution in [3.63, 3.8) is 0 Å². The van der Waals surface area contributed by atoms with Crippen LogP contribution in [0.15, 0.2) is 46.9 Å². The lowest BCUT2D eigenvalue weighted by atomic mass is 10.1. The molecule has 116 valence electrons. The van der Waals surface area contributed by atoms with E-state index in [1.165, 1.54) is 0 Å². The zero-order valence-corrected chi connectivity index (χ0v) is 16.0. The molecule has 1 aliphatic rings. The molecule has 0 N–H and O–H groups in total. The van der Waals surface area contributed by atoms with Gasteiger partial charge in [-0.2, -0.15) is 0 Å². The Labute approximate surface area is 156 Å². The predicted molar refractivity (Wildman–Crippen MR) is 95.9 cm³/mol. The predicted octanol–water partition coefficient (Wildman–Crippen LogP) is 6.09. The van der Waals surface area contributed by atoms with Gasteiger partial charge in [-0.3, -0.25) is 0 Å². The fourth-order valence-electron chi connectivity index (χ4n) is 2.43. The van der Waals surface area contributed by atoms with Crippen LogP contribution in [0.1, 0.15) is 17.2 Å². The van der Waals surface area contributed by atoms with E-state index in [1.54, 1.807) is 12.1 Å². The molecular formula is C16H12Br2Cl2O2. The van der Waals surface area contributed by atoms with Gasteiger partial charge in [-0.25, -0.2) is 0 Å². The molecule has 2 aromatic carbocycles. The van der Waals surface area contributed by atoms with Crippen molar-refractivity contribution in [2.45, 2.75) is 11.9 Å². The molecule has 0 aliphatic carbocycles. The van der Waals surface area contributed by atoms with E-state index in [9.17, 15) is 0 Å². The van der Waals surface area contributed by atoms with Crippen molar-refractivity contribution in [1.82, 2.24) is 0 Å². The molecule has 1 heterocycles. The number of alkyl halides is 1. The van der Waals surface area contributed by atoms with Crippen molar-refractivity contribution in [3.05, 3.63) is 68.1 Å². The normalized spacial score (nSPS) is 24.6. The van der Waals surface area contributed by atoms with Gasteiger partial charge in [0.2, 0.25) is 5.79 Å². The monoisotopic (exact) mass is 464 g/mol. The van der Waals surface area contributed by atoms with Crippen LogP contribution in [0.5, 0.6) is 0 Å². The summed E-state index contributed by atoms with van der Waals surface area (Å²) in [7, 11) is 0. The van der Waals surface area contributed by atoms with E-state index in [4.69, 9.17) is 32.7 Å². The maximum atomic E-state index is 6.32. The third-order valence-electron chi connectivity index (χ3n) is 3.56. The highest BCUT2D eigenvalue weighted by Crippen LogP contribution is 2.44. The molecule has 2 unspecified atom stereocenters. The number of ether oxygens (including phenoxy) is 2. The molecule has 3 rings (SSSR count). The summed E-state index contributed by atoms with van der Waals surface area (Å²) in [5.41, 5.74) is 1.84. The standard InChI is InChI=1S/C16H12Br2Cl2O2/c17-9-16(13-6-5-12(19)7-14(13)20)21-8-15(22-16)10-1-3-11(18)4-2-10/h1-7,15H,8-9H2. The second-order valence-electron chi connectivity index (χ2n) is 4.98. The molecule has 0 bridgehead atoms. The van der Waals surface area contributed by atoms with Crippen molar-refractivity contribution in [2.75, 3.05) is 11.9 Å². The molecular weight excluding hydrogens is 455 g/mol. The first-order chi connectivity index (χ1) is 10.5. The highest BCUT2D eigenvalue weighted by Gasteiger charge is 2.44. The van der Waals surface area contributed by atoms with Crippen LogP contribution < -0.4 is 0 Å². The SMILES string of the molecule is Clc1ccc(C2(CBr)OCC(c3ccc(Br)cc3)O2)c(Cl)c1. The quantitative estimate of drug-likeness (QED) is 0.509. The average molecular weight is 467 g/mol. The Balaban J connectivity index is 1.91. The average Bonchev–Trinajstić information content (AvgIpc) is 2.93. The molecule has 6 heteroatoms. The van der Waals surface area contributed by atoms with E-state index in [0.717, 1.165) is 15.6 Å². The van der Waals surface area contributed by atoms with Gasteiger partial charge in [0.25, 0.3) is 0 Å². The first-order valence-corrected chi connectivity index (χ1v) is 9.30. The summed E-state index contributed by atoms with van der Waals surface area (Å²) in [5, 5.41) is 1.60. The Bertz CT molecular complexity index is 678. The Morgan fingerprint density at radius 1 is 1.14 bits per heavy atom. The summed E-state index contributed by atoms with van der Waals surface area (Å²) >= 11 is 19.2. The topological polar surface area (TPSA) is 18.5 Å².